The fourth-order valence-corrected chi connectivity index (χ4v) is 3.20. The van der Waals surface area contributed by atoms with Crippen molar-refractivity contribution in [2.75, 3.05) is 0 Å². The molecule has 0 bridgehead atoms. The summed E-state index contributed by atoms with van der Waals surface area (Å²) in [7, 11) is 0. The predicted octanol–water partition coefficient (Wildman–Crippen LogP) is 5.97. The molecule has 0 aliphatic carbocycles. The number of oxime groups is 1. The van der Waals surface area contributed by atoms with Crippen LogP contribution in [0.1, 0.15) is 29.0 Å². The van der Waals surface area contributed by atoms with E-state index in [0.29, 0.717) is 16.9 Å². The van der Waals surface area contributed by atoms with E-state index in [1.807, 2.05) is 18.2 Å². The number of alkyl halides is 3. The Morgan fingerprint density at radius 1 is 1.00 bits per heavy atom. The van der Waals surface area contributed by atoms with Gasteiger partial charge in [-0.2, -0.15) is 13.2 Å². The molecule has 0 fully saturated rings. The summed E-state index contributed by atoms with van der Waals surface area (Å²) in [5, 5.41) is 20.6. The number of ether oxygens (including phenoxy) is 1. The molecule has 0 spiro atoms. The Balaban J connectivity index is 1.67. The lowest BCUT2D eigenvalue weighted by Crippen LogP contribution is -2.07. The molecule has 0 aliphatic rings. The van der Waals surface area contributed by atoms with Crippen molar-refractivity contribution in [3.8, 4) is 16.9 Å². The first kappa shape index (κ1) is 22.9. The summed E-state index contributed by atoms with van der Waals surface area (Å²) in [4.78, 5) is 11.0. The first-order valence-corrected chi connectivity index (χ1v) is 9.65. The Bertz CT molecular complexity index is 1080. The molecule has 5 nitrogen and oxygen atoms in total. The van der Waals surface area contributed by atoms with Crippen molar-refractivity contribution in [2.45, 2.75) is 25.1 Å². The van der Waals surface area contributed by atoms with Crippen LogP contribution in [0.5, 0.6) is 5.75 Å². The van der Waals surface area contributed by atoms with Gasteiger partial charge in [-0.25, -0.2) is 0 Å². The molecule has 0 aromatic heterocycles. The van der Waals surface area contributed by atoms with E-state index in [-0.39, 0.29) is 13.0 Å². The van der Waals surface area contributed by atoms with E-state index in [0.717, 1.165) is 29.5 Å². The highest BCUT2D eigenvalue weighted by Crippen LogP contribution is 2.31. The van der Waals surface area contributed by atoms with Gasteiger partial charge in [-0.05, 0) is 52.6 Å². The number of halogens is 3. The SMILES string of the molecule is O=C(O)CC(C=NO)c1ccc(OCc2cccc(-c3ccc(C(F)(F)F)cc3)c2)cc1. The molecule has 166 valence electrons. The molecule has 8 heteroatoms. The summed E-state index contributed by atoms with van der Waals surface area (Å²) >= 11 is 0. The largest absolute Gasteiger partial charge is 0.489 e. The maximum atomic E-state index is 12.8. The lowest BCUT2D eigenvalue weighted by Gasteiger charge is -2.12. The molecule has 3 aromatic rings. The number of carboxylic acid groups (broad SMARTS) is 1. The minimum absolute atomic E-state index is 0.207. The Labute approximate surface area is 182 Å². The van der Waals surface area contributed by atoms with Crippen molar-refractivity contribution in [1.82, 2.24) is 0 Å². The summed E-state index contributed by atoms with van der Waals surface area (Å²) in [5.41, 5.74) is 2.25. The highest BCUT2D eigenvalue weighted by atomic mass is 19.4. The highest BCUT2D eigenvalue weighted by Gasteiger charge is 2.29. The normalized spacial score (nSPS) is 12.6. The van der Waals surface area contributed by atoms with Crippen molar-refractivity contribution in [3.05, 3.63) is 89.5 Å². The van der Waals surface area contributed by atoms with Crippen LogP contribution >= 0.6 is 0 Å². The monoisotopic (exact) mass is 443 g/mol. The lowest BCUT2D eigenvalue weighted by atomic mass is 9.97. The van der Waals surface area contributed by atoms with Crippen LogP contribution in [0.2, 0.25) is 0 Å². The van der Waals surface area contributed by atoms with Crippen molar-refractivity contribution < 1.29 is 33.0 Å². The third-order valence-corrected chi connectivity index (χ3v) is 4.83. The summed E-state index contributed by atoms with van der Waals surface area (Å²) in [6.07, 6.45) is -3.42. The van der Waals surface area contributed by atoms with Gasteiger partial charge in [0.15, 0.2) is 0 Å². The van der Waals surface area contributed by atoms with Gasteiger partial charge < -0.3 is 15.1 Å². The number of rotatable bonds is 8. The number of aliphatic carboxylic acids is 1. The van der Waals surface area contributed by atoms with Gasteiger partial charge in [0.05, 0.1) is 18.2 Å². The second-order valence-electron chi connectivity index (χ2n) is 7.10. The predicted molar refractivity (Wildman–Crippen MR) is 113 cm³/mol. The summed E-state index contributed by atoms with van der Waals surface area (Å²) in [6, 6.07) is 19.1. The van der Waals surface area contributed by atoms with E-state index in [9.17, 15) is 18.0 Å². The number of nitrogens with zero attached hydrogens (tertiary/aromatic N) is 1. The van der Waals surface area contributed by atoms with E-state index in [1.165, 1.54) is 12.1 Å². The molecule has 0 amide bonds. The zero-order valence-corrected chi connectivity index (χ0v) is 16.8. The lowest BCUT2D eigenvalue weighted by molar-refractivity contribution is -0.138. The maximum absolute atomic E-state index is 12.8. The molecule has 0 saturated carbocycles. The number of carbonyl (C=O) groups is 1. The van der Waals surface area contributed by atoms with Gasteiger partial charge in [-0.15, -0.1) is 5.16 Å². The molecule has 0 heterocycles. The number of hydrogen-bond donors (Lipinski definition) is 2. The van der Waals surface area contributed by atoms with E-state index in [4.69, 9.17) is 15.1 Å². The van der Waals surface area contributed by atoms with Gasteiger partial charge in [-0.3, -0.25) is 4.79 Å². The van der Waals surface area contributed by atoms with Crippen LogP contribution in [0.15, 0.2) is 78.0 Å². The van der Waals surface area contributed by atoms with Gasteiger partial charge in [0.25, 0.3) is 0 Å². The quantitative estimate of drug-likeness (QED) is 0.255. The molecule has 1 unspecified atom stereocenters. The van der Waals surface area contributed by atoms with Crippen molar-refractivity contribution in [2.24, 2.45) is 5.16 Å². The van der Waals surface area contributed by atoms with Crippen LogP contribution in [0.25, 0.3) is 11.1 Å². The minimum Gasteiger partial charge on any atom is -0.489 e. The first-order valence-electron chi connectivity index (χ1n) is 9.65. The van der Waals surface area contributed by atoms with E-state index >= 15 is 0 Å². The highest BCUT2D eigenvalue weighted by molar-refractivity contribution is 5.77. The van der Waals surface area contributed by atoms with Crippen LogP contribution in [0.3, 0.4) is 0 Å². The molecule has 32 heavy (non-hydrogen) atoms. The smallest absolute Gasteiger partial charge is 0.416 e. The molecule has 2 N–H and O–H groups in total. The molecule has 0 saturated heterocycles. The average Bonchev–Trinajstić information content (AvgIpc) is 2.77. The van der Waals surface area contributed by atoms with Gasteiger partial charge in [0.1, 0.15) is 12.4 Å². The van der Waals surface area contributed by atoms with Crippen LogP contribution in [0, 0.1) is 0 Å². The molecular formula is C24H20F3NO4. The van der Waals surface area contributed by atoms with Gasteiger partial charge in [0, 0.05) is 5.92 Å². The Morgan fingerprint density at radius 2 is 1.69 bits per heavy atom. The fourth-order valence-electron chi connectivity index (χ4n) is 3.20. The summed E-state index contributed by atoms with van der Waals surface area (Å²) in [6.45, 7) is 0.241. The third-order valence-electron chi connectivity index (χ3n) is 4.83. The number of hydrogen-bond acceptors (Lipinski definition) is 4. The van der Waals surface area contributed by atoms with E-state index in [1.54, 1.807) is 30.3 Å². The fraction of sp³-hybridized carbons (Fsp3) is 0.167. The summed E-state index contributed by atoms with van der Waals surface area (Å²) in [5.74, 6) is -1.01. The molecule has 3 rings (SSSR count). The zero-order chi connectivity index (χ0) is 23.1. The Kier molecular flexibility index (Phi) is 7.14. The van der Waals surface area contributed by atoms with Crippen molar-refractivity contribution >= 4 is 12.2 Å². The first-order chi connectivity index (χ1) is 15.3. The second-order valence-corrected chi connectivity index (χ2v) is 7.10. The maximum Gasteiger partial charge on any atom is 0.416 e. The Morgan fingerprint density at radius 3 is 2.28 bits per heavy atom. The van der Waals surface area contributed by atoms with Gasteiger partial charge in [0.2, 0.25) is 0 Å². The summed E-state index contributed by atoms with van der Waals surface area (Å²) < 4.78 is 44.0. The molecule has 3 aromatic carbocycles. The van der Waals surface area contributed by atoms with E-state index < -0.39 is 23.6 Å². The molecular weight excluding hydrogens is 423 g/mol. The van der Waals surface area contributed by atoms with E-state index in [2.05, 4.69) is 5.16 Å². The van der Waals surface area contributed by atoms with Crippen molar-refractivity contribution in [3.63, 3.8) is 0 Å². The molecule has 1 atom stereocenters. The zero-order valence-electron chi connectivity index (χ0n) is 16.8. The van der Waals surface area contributed by atoms with Gasteiger partial charge >= 0.3 is 12.1 Å². The third kappa shape index (κ3) is 6.10. The Hall–Kier alpha value is -3.81. The average molecular weight is 443 g/mol. The van der Waals surface area contributed by atoms with Gasteiger partial charge in [-0.1, -0.05) is 42.5 Å². The van der Waals surface area contributed by atoms with Crippen LogP contribution in [0.4, 0.5) is 13.2 Å². The number of benzene rings is 3. The number of carboxylic acids is 1. The topological polar surface area (TPSA) is 79.1 Å². The van der Waals surface area contributed by atoms with Crippen LogP contribution in [-0.2, 0) is 17.6 Å². The van der Waals surface area contributed by atoms with Crippen LogP contribution < -0.4 is 4.74 Å². The standard InChI is InChI=1S/C24H20F3NO4/c25-24(26,27)21-8-4-17(5-9-21)19-3-1-2-16(12-19)15-32-22-10-6-18(7-11-22)20(14-28-31)13-23(29)30/h1-12,14,20,31H,13,15H2,(H,29,30). The van der Waals surface area contributed by atoms with Crippen LogP contribution in [-0.4, -0.2) is 22.5 Å². The second kappa shape index (κ2) is 10.00. The molecule has 0 radical (unpaired) electrons. The minimum atomic E-state index is -4.37. The van der Waals surface area contributed by atoms with Crippen molar-refractivity contribution in [1.29, 1.82) is 0 Å². The molecule has 0 aliphatic heterocycles.